The molecular formula is C14H21N3O2. The summed E-state index contributed by atoms with van der Waals surface area (Å²) in [5, 5.41) is 10.7. The average Bonchev–Trinajstić information content (AvgIpc) is 3.14. The van der Waals surface area contributed by atoms with E-state index >= 15 is 0 Å². The van der Waals surface area contributed by atoms with Gasteiger partial charge in [-0.3, -0.25) is 10.1 Å². The molecule has 0 saturated heterocycles. The number of nitrogens with zero attached hydrogens (tertiary/aromatic N) is 2. The molecule has 0 atom stereocenters. The quantitative estimate of drug-likeness (QED) is 0.486. The molecule has 1 aromatic rings. The third-order valence-electron chi connectivity index (χ3n) is 3.47. The minimum absolute atomic E-state index is 0.0563. The summed E-state index contributed by atoms with van der Waals surface area (Å²) < 4.78 is 0. The first-order valence-electron chi connectivity index (χ1n) is 6.79. The summed E-state index contributed by atoms with van der Waals surface area (Å²) in [7, 11) is 0. The maximum atomic E-state index is 10.7. The van der Waals surface area contributed by atoms with Crippen molar-refractivity contribution in [3.8, 4) is 0 Å². The van der Waals surface area contributed by atoms with E-state index in [4.69, 9.17) is 5.73 Å². The average molecular weight is 263 g/mol. The van der Waals surface area contributed by atoms with Crippen molar-refractivity contribution < 1.29 is 4.92 Å². The Kier molecular flexibility index (Phi) is 3.93. The zero-order valence-corrected chi connectivity index (χ0v) is 11.5. The lowest BCUT2D eigenvalue weighted by atomic mass is 10.1. The van der Waals surface area contributed by atoms with Gasteiger partial charge in [-0.25, -0.2) is 0 Å². The summed E-state index contributed by atoms with van der Waals surface area (Å²) >= 11 is 0. The maximum absolute atomic E-state index is 10.7. The molecule has 0 unspecified atom stereocenters. The number of anilines is 2. The summed E-state index contributed by atoms with van der Waals surface area (Å²) in [6.07, 6.45) is 3.48. The number of nitro benzene ring substituents is 1. The number of rotatable bonds is 6. The molecule has 0 amide bonds. The standard InChI is InChI=1S/C14H21N3O2/c1-10(2)7-8-16(11-3-4-11)14-6-5-12(17(18)19)9-13(14)15/h5-6,9-11H,3-4,7-8,15H2,1-2H3. The smallest absolute Gasteiger partial charge is 0.271 e. The lowest BCUT2D eigenvalue weighted by molar-refractivity contribution is -0.384. The summed E-state index contributed by atoms with van der Waals surface area (Å²) in [5.74, 6) is 0.639. The van der Waals surface area contributed by atoms with E-state index in [1.807, 2.05) is 0 Å². The molecule has 0 bridgehead atoms. The van der Waals surface area contributed by atoms with Crippen molar-refractivity contribution in [1.29, 1.82) is 0 Å². The minimum atomic E-state index is -0.407. The number of hydrogen-bond acceptors (Lipinski definition) is 4. The molecule has 1 aliphatic rings. The topological polar surface area (TPSA) is 72.4 Å². The van der Waals surface area contributed by atoms with Crippen molar-refractivity contribution >= 4 is 17.1 Å². The van der Waals surface area contributed by atoms with Crippen LogP contribution in [0.15, 0.2) is 18.2 Å². The van der Waals surface area contributed by atoms with Gasteiger partial charge in [0.1, 0.15) is 0 Å². The van der Waals surface area contributed by atoms with Crippen LogP contribution in [0.5, 0.6) is 0 Å². The fraction of sp³-hybridized carbons (Fsp3) is 0.571. The monoisotopic (exact) mass is 263 g/mol. The van der Waals surface area contributed by atoms with Gasteiger partial charge in [-0.05, 0) is 31.2 Å². The molecule has 0 aliphatic heterocycles. The SMILES string of the molecule is CC(C)CCN(c1ccc([N+](=O)[O-])cc1N)C1CC1. The molecule has 1 saturated carbocycles. The summed E-state index contributed by atoms with van der Waals surface area (Å²) in [4.78, 5) is 12.6. The Balaban J connectivity index is 2.19. The lowest BCUT2D eigenvalue weighted by Crippen LogP contribution is -2.28. The maximum Gasteiger partial charge on any atom is 0.271 e. The molecule has 0 aromatic heterocycles. The Hall–Kier alpha value is -1.78. The van der Waals surface area contributed by atoms with Crippen molar-refractivity contribution in [2.75, 3.05) is 17.2 Å². The van der Waals surface area contributed by atoms with Gasteiger partial charge in [0.05, 0.1) is 16.3 Å². The third kappa shape index (κ3) is 3.36. The highest BCUT2D eigenvalue weighted by atomic mass is 16.6. The zero-order chi connectivity index (χ0) is 14.0. The van der Waals surface area contributed by atoms with E-state index in [-0.39, 0.29) is 5.69 Å². The fourth-order valence-corrected chi connectivity index (χ4v) is 2.20. The molecule has 5 heteroatoms. The van der Waals surface area contributed by atoms with E-state index in [1.54, 1.807) is 6.07 Å². The molecule has 19 heavy (non-hydrogen) atoms. The first-order valence-corrected chi connectivity index (χ1v) is 6.79. The van der Waals surface area contributed by atoms with Gasteiger partial charge < -0.3 is 10.6 Å². The van der Waals surface area contributed by atoms with Gasteiger partial charge in [0.2, 0.25) is 0 Å². The summed E-state index contributed by atoms with van der Waals surface area (Å²) in [6.45, 7) is 5.36. The van der Waals surface area contributed by atoms with Crippen LogP contribution in [-0.2, 0) is 0 Å². The highest BCUT2D eigenvalue weighted by Crippen LogP contribution is 2.36. The third-order valence-corrected chi connectivity index (χ3v) is 3.47. The second-order valence-electron chi connectivity index (χ2n) is 5.61. The first kappa shape index (κ1) is 13.6. The van der Waals surface area contributed by atoms with Crippen LogP contribution in [0.25, 0.3) is 0 Å². The van der Waals surface area contributed by atoms with Crippen molar-refractivity contribution in [2.45, 2.75) is 39.2 Å². The van der Waals surface area contributed by atoms with Crippen molar-refractivity contribution in [3.63, 3.8) is 0 Å². The Morgan fingerprint density at radius 1 is 1.47 bits per heavy atom. The highest BCUT2D eigenvalue weighted by Gasteiger charge is 2.30. The number of benzene rings is 1. The second-order valence-corrected chi connectivity index (χ2v) is 5.61. The Labute approximate surface area is 113 Å². The molecule has 1 aliphatic carbocycles. The molecule has 0 spiro atoms. The first-order chi connectivity index (χ1) is 8.99. The minimum Gasteiger partial charge on any atom is -0.397 e. The highest BCUT2D eigenvalue weighted by molar-refractivity contribution is 5.71. The van der Waals surface area contributed by atoms with Crippen LogP contribution in [0.2, 0.25) is 0 Å². The van der Waals surface area contributed by atoms with Gasteiger partial charge in [-0.15, -0.1) is 0 Å². The lowest BCUT2D eigenvalue weighted by Gasteiger charge is -2.26. The van der Waals surface area contributed by atoms with E-state index < -0.39 is 4.92 Å². The van der Waals surface area contributed by atoms with Crippen molar-refractivity contribution in [1.82, 2.24) is 0 Å². The normalized spacial score (nSPS) is 14.7. The van der Waals surface area contributed by atoms with Crippen LogP contribution in [-0.4, -0.2) is 17.5 Å². The van der Waals surface area contributed by atoms with Gasteiger partial charge in [0.25, 0.3) is 5.69 Å². The Bertz CT molecular complexity index is 470. The molecule has 2 rings (SSSR count). The number of nitrogens with two attached hydrogens (primary N) is 1. The number of non-ortho nitro benzene ring substituents is 1. The predicted molar refractivity (Wildman–Crippen MR) is 77.3 cm³/mol. The van der Waals surface area contributed by atoms with Crippen LogP contribution < -0.4 is 10.6 Å². The molecule has 0 radical (unpaired) electrons. The molecule has 1 fully saturated rings. The van der Waals surface area contributed by atoms with Gasteiger partial charge in [-0.2, -0.15) is 0 Å². The number of nitro groups is 1. The van der Waals surface area contributed by atoms with E-state index in [0.717, 1.165) is 18.7 Å². The number of hydrogen-bond donors (Lipinski definition) is 1. The van der Waals surface area contributed by atoms with Crippen molar-refractivity contribution in [3.05, 3.63) is 28.3 Å². The molecule has 0 heterocycles. The van der Waals surface area contributed by atoms with Crippen LogP contribution in [0.4, 0.5) is 17.1 Å². The molecule has 2 N–H and O–H groups in total. The van der Waals surface area contributed by atoms with Crippen molar-refractivity contribution in [2.24, 2.45) is 5.92 Å². The van der Waals surface area contributed by atoms with E-state index in [2.05, 4.69) is 18.7 Å². The van der Waals surface area contributed by atoms with Gasteiger partial charge in [0.15, 0.2) is 0 Å². The predicted octanol–water partition coefficient (Wildman–Crippen LogP) is 3.19. The molecular weight excluding hydrogens is 242 g/mol. The van der Waals surface area contributed by atoms with E-state index in [9.17, 15) is 10.1 Å². The Morgan fingerprint density at radius 2 is 2.16 bits per heavy atom. The van der Waals surface area contributed by atoms with Gasteiger partial charge >= 0.3 is 0 Å². The number of nitrogen functional groups attached to an aromatic ring is 1. The fourth-order valence-electron chi connectivity index (χ4n) is 2.20. The van der Waals surface area contributed by atoms with Gasteiger partial charge in [0, 0.05) is 24.7 Å². The molecule has 1 aromatic carbocycles. The van der Waals surface area contributed by atoms with Crippen LogP contribution >= 0.6 is 0 Å². The van der Waals surface area contributed by atoms with Crippen LogP contribution in [0, 0.1) is 16.0 Å². The van der Waals surface area contributed by atoms with Crippen LogP contribution in [0.1, 0.15) is 33.1 Å². The van der Waals surface area contributed by atoms with E-state index in [1.165, 1.54) is 25.0 Å². The zero-order valence-electron chi connectivity index (χ0n) is 11.5. The Morgan fingerprint density at radius 3 is 2.63 bits per heavy atom. The second kappa shape index (κ2) is 5.47. The summed E-state index contributed by atoms with van der Waals surface area (Å²) in [5.41, 5.74) is 7.49. The van der Waals surface area contributed by atoms with Crippen LogP contribution in [0.3, 0.4) is 0 Å². The molecule has 104 valence electrons. The largest absolute Gasteiger partial charge is 0.397 e. The van der Waals surface area contributed by atoms with E-state index in [0.29, 0.717) is 17.6 Å². The molecule has 5 nitrogen and oxygen atoms in total. The van der Waals surface area contributed by atoms with Gasteiger partial charge in [-0.1, -0.05) is 13.8 Å². The summed E-state index contributed by atoms with van der Waals surface area (Å²) in [6, 6.07) is 5.34.